The first-order valence-corrected chi connectivity index (χ1v) is 8.22. The van der Waals surface area contributed by atoms with Gasteiger partial charge in [-0.3, -0.25) is 4.79 Å². The third kappa shape index (κ3) is 4.20. The maximum absolute atomic E-state index is 12.2. The summed E-state index contributed by atoms with van der Waals surface area (Å²) in [5.41, 5.74) is 1.76. The van der Waals surface area contributed by atoms with Crippen molar-refractivity contribution in [1.82, 2.24) is 10.3 Å². The Bertz CT molecular complexity index is 616. The van der Waals surface area contributed by atoms with Crippen LogP contribution in [0.2, 0.25) is 0 Å². The zero-order valence-electron chi connectivity index (χ0n) is 13.4. The van der Waals surface area contributed by atoms with E-state index in [2.05, 4.69) is 22.5 Å². The Morgan fingerprint density at radius 2 is 2.26 bits per heavy atom. The number of nitrogens with one attached hydrogen (secondary N) is 2. The summed E-state index contributed by atoms with van der Waals surface area (Å²) >= 11 is 0. The van der Waals surface area contributed by atoms with E-state index in [9.17, 15) is 4.79 Å². The van der Waals surface area contributed by atoms with Crippen LogP contribution in [0.1, 0.15) is 26.2 Å². The van der Waals surface area contributed by atoms with E-state index >= 15 is 0 Å². The lowest BCUT2D eigenvalue weighted by atomic mass is 9.85. The van der Waals surface area contributed by atoms with Crippen LogP contribution in [-0.4, -0.2) is 24.0 Å². The number of anilines is 1. The van der Waals surface area contributed by atoms with Gasteiger partial charge in [0.15, 0.2) is 12.2 Å². The zero-order valence-corrected chi connectivity index (χ0v) is 13.4. The van der Waals surface area contributed by atoms with E-state index in [1.807, 2.05) is 24.3 Å². The monoisotopic (exact) mass is 313 g/mol. The minimum absolute atomic E-state index is 0.0792. The minimum atomic E-state index is 0.0792. The molecule has 1 amide bonds. The number of amides is 1. The van der Waals surface area contributed by atoms with Gasteiger partial charge in [-0.05, 0) is 62.0 Å². The van der Waals surface area contributed by atoms with Gasteiger partial charge in [-0.1, -0.05) is 6.92 Å². The molecule has 0 bridgehead atoms. The van der Waals surface area contributed by atoms with Gasteiger partial charge in [0.05, 0.1) is 6.20 Å². The minimum Gasteiger partial charge on any atom is -0.444 e. The molecule has 1 aromatic carbocycles. The quantitative estimate of drug-likeness (QED) is 0.888. The molecule has 0 saturated carbocycles. The number of rotatable bonds is 5. The molecule has 0 radical (unpaired) electrons. The summed E-state index contributed by atoms with van der Waals surface area (Å²) in [6, 6.07) is 7.63. The first-order chi connectivity index (χ1) is 11.2. The van der Waals surface area contributed by atoms with Crippen molar-refractivity contribution in [3.8, 4) is 11.3 Å². The van der Waals surface area contributed by atoms with Gasteiger partial charge in [0.2, 0.25) is 5.91 Å². The second-order valence-electron chi connectivity index (χ2n) is 6.28. The van der Waals surface area contributed by atoms with Crippen molar-refractivity contribution in [2.24, 2.45) is 11.8 Å². The number of hydrogen-bond donors (Lipinski definition) is 2. The van der Waals surface area contributed by atoms with Gasteiger partial charge in [0.1, 0.15) is 0 Å². The highest BCUT2D eigenvalue weighted by molar-refractivity contribution is 5.91. The van der Waals surface area contributed by atoms with Gasteiger partial charge in [-0.15, -0.1) is 0 Å². The van der Waals surface area contributed by atoms with Crippen molar-refractivity contribution in [3.05, 3.63) is 36.9 Å². The Hall–Kier alpha value is -2.14. The normalized spacial score (nSPS) is 19.3. The van der Waals surface area contributed by atoms with Crippen molar-refractivity contribution >= 4 is 11.6 Å². The lowest BCUT2D eigenvalue weighted by Gasteiger charge is -2.28. The predicted octanol–water partition coefficient (Wildman–Crippen LogP) is 3.31. The topological polar surface area (TPSA) is 67.2 Å². The molecule has 2 heterocycles. The third-order valence-corrected chi connectivity index (χ3v) is 4.53. The van der Waals surface area contributed by atoms with Gasteiger partial charge >= 0.3 is 0 Å². The molecule has 1 aromatic heterocycles. The van der Waals surface area contributed by atoms with Crippen LogP contribution in [0, 0.1) is 11.8 Å². The van der Waals surface area contributed by atoms with Crippen LogP contribution in [0.25, 0.3) is 11.3 Å². The van der Waals surface area contributed by atoms with Gasteiger partial charge in [-0.2, -0.15) is 0 Å². The van der Waals surface area contributed by atoms with Crippen LogP contribution in [0.15, 0.2) is 41.3 Å². The fourth-order valence-electron chi connectivity index (χ4n) is 3.11. The second-order valence-corrected chi connectivity index (χ2v) is 6.28. The number of oxazole rings is 1. The molecule has 2 N–H and O–H groups in total. The van der Waals surface area contributed by atoms with Gasteiger partial charge in [0.25, 0.3) is 0 Å². The number of benzene rings is 1. The van der Waals surface area contributed by atoms with E-state index in [4.69, 9.17) is 4.42 Å². The van der Waals surface area contributed by atoms with E-state index in [1.165, 1.54) is 19.2 Å². The number of piperidine rings is 1. The molecule has 2 atom stereocenters. The van der Waals surface area contributed by atoms with E-state index in [1.54, 1.807) is 6.20 Å². The Kier molecular flexibility index (Phi) is 5.08. The smallest absolute Gasteiger partial charge is 0.224 e. The summed E-state index contributed by atoms with van der Waals surface area (Å²) in [6.07, 6.45) is 6.07. The van der Waals surface area contributed by atoms with Crippen molar-refractivity contribution in [2.45, 2.75) is 26.2 Å². The maximum atomic E-state index is 12.2. The number of aromatic nitrogens is 1. The van der Waals surface area contributed by atoms with Gasteiger partial charge in [-0.25, -0.2) is 4.98 Å². The summed E-state index contributed by atoms with van der Waals surface area (Å²) in [5, 5.41) is 6.39. The zero-order chi connectivity index (χ0) is 16.1. The number of hydrogen-bond acceptors (Lipinski definition) is 4. The van der Waals surface area contributed by atoms with Crippen LogP contribution in [0.3, 0.4) is 0 Å². The fourth-order valence-corrected chi connectivity index (χ4v) is 3.11. The third-order valence-electron chi connectivity index (χ3n) is 4.53. The standard InChI is InChI=1S/C18H23N3O2/c1-13(15-3-2-8-19-10-15)9-18(22)21-16-6-4-14(5-7-16)17-11-20-12-23-17/h4-7,11-13,15,19H,2-3,8-10H2,1H3,(H,21,22). The highest BCUT2D eigenvalue weighted by Crippen LogP contribution is 2.24. The highest BCUT2D eigenvalue weighted by Gasteiger charge is 2.22. The van der Waals surface area contributed by atoms with E-state index in [-0.39, 0.29) is 5.91 Å². The molecule has 0 spiro atoms. The number of carbonyl (C=O) groups is 1. The molecule has 3 rings (SSSR count). The Morgan fingerprint density at radius 3 is 2.91 bits per heavy atom. The van der Waals surface area contributed by atoms with Crippen LogP contribution >= 0.6 is 0 Å². The van der Waals surface area contributed by atoms with Crippen LogP contribution < -0.4 is 10.6 Å². The largest absolute Gasteiger partial charge is 0.444 e. The van der Waals surface area contributed by atoms with Crippen molar-refractivity contribution in [2.75, 3.05) is 18.4 Å². The number of nitrogens with zero attached hydrogens (tertiary/aromatic N) is 1. The summed E-state index contributed by atoms with van der Waals surface area (Å²) in [7, 11) is 0. The van der Waals surface area contributed by atoms with Crippen molar-refractivity contribution in [1.29, 1.82) is 0 Å². The summed E-state index contributed by atoms with van der Waals surface area (Å²) in [5.74, 6) is 1.80. The molecule has 23 heavy (non-hydrogen) atoms. The Morgan fingerprint density at radius 1 is 1.43 bits per heavy atom. The summed E-state index contributed by atoms with van der Waals surface area (Å²) < 4.78 is 5.26. The average molecular weight is 313 g/mol. The Labute approximate surface area is 136 Å². The molecule has 1 aliphatic rings. The van der Waals surface area contributed by atoms with E-state index in [0.717, 1.165) is 30.1 Å². The van der Waals surface area contributed by atoms with Crippen LogP contribution in [-0.2, 0) is 4.79 Å². The molecule has 5 heteroatoms. The van der Waals surface area contributed by atoms with E-state index < -0.39 is 0 Å². The molecule has 1 aliphatic heterocycles. The molecule has 1 fully saturated rings. The first-order valence-electron chi connectivity index (χ1n) is 8.22. The SMILES string of the molecule is CC(CC(=O)Nc1ccc(-c2cnco2)cc1)C1CCCNC1. The summed E-state index contributed by atoms with van der Waals surface area (Å²) in [4.78, 5) is 16.1. The average Bonchev–Trinajstić information content (AvgIpc) is 3.11. The molecule has 1 saturated heterocycles. The van der Waals surface area contributed by atoms with Gasteiger partial charge < -0.3 is 15.1 Å². The molecule has 2 aromatic rings. The molecule has 5 nitrogen and oxygen atoms in total. The number of carbonyl (C=O) groups excluding carboxylic acids is 1. The summed E-state index contributed by atoms with van der Waals surface area (Å²) in [6.45, 7) is 4.30. The van der Waals surface area contributed by atoms with Crippen LogP contribution in [0.4, 0.5) is 5.69 Å². The maximum Gasteiger partial charge on any atom is 0.224 e. The molecule has 122 valence electrons. The van der Waals surface area contributed by atoms with Gasteiger partial charge in [0, 0.05) is 17.7 Å². The molecular formula is C18H23N3O2. The lowest BCUT2D eigenvalue weighted by molar-refractivity contribution is -0.117. The Balaban J connectivity index is 1.53. The predicted molar refractivity (Wildman–Crippen MR) is 89.9 cm³/mol. The van der Waals surface area contributed by atoms with Crippen molar-refractivity contribution < 1.29 is 9.21 Å². The molecule has 2 unspecified atom stereocenters. The van der Waals surface area contributed by atoms with E-state index in [0.29, 0.717) is 18.3 Å². The lowest BCUT2D eigenvalue weighted by Crippen LogP contribution is -2.34. The van der Waals surface area contributed by atoms with Crippen LogP contribution in [0.5, 0.6) is 0 Å². The second kappa shape index (κ2) is 7.42. The molecular weight excluding hydrogens is 290 g/mol. The fraction of sp³-hybridized carbons (Fsp3) is 0.444. The first kappa shape index (κ1) is 15.7. The van der Waals surface area contributed by atoms with Crippen molar-refractivity contribution in [3.63, 3.8) is 0 Å². The molecule has 0 aliphatic carbocycles. The highest BCUT2D eigenvalue weighted by atomic mass is 16.3.